The van der Waals surface area contributed by atoms with Gasteiger partial charge in [0.2, 0.25) is 20.2 Å². The Balaban J connectivity index is 1.26. The Hall–Kier alpha value is -3.86. The van der Waals surface area contributed by atoms with Gasteiger partial charge in [0.15, 0.2) is 5.60 Å². The second-order valence-electron chi connectivity index (χ2n) is 14.3. The van der Waals surface area contributed by atoms with E-state index in [0.29, 0.717) is 25.1 Å². The number of benzene rings is 3. The van der Waals surface area contributed by atoms with Crippen LogP contribution < -0.4 is 9.80 Å². The number of carbonyl (C=O) groups excluding carboxylic acids is 3. The molecule has 0 radical (unpaired) electrons. The van der Waals surface area contributed by atoms with Crippen LogP contribution in [0.4, 0.5) is 15.5 Å². The molecule has 2 fully saturated rings. The molecule has 1 spiro atoms. The molecule has 3 amide bonds. The highest BCUT2D eigenvalue weighted by atomic mass is 28.4. The number of hydrogen-bond acceptors (Lipinski definition) is 5. The first kappa shape index (κ1) is 35.0. The number of aliphatic hydroxyl groups excluding tert-OH is 1. The minimum Gasteiger partial charge on any atom is -0.395 e. The molecule has 3 aromatic rings. The number of rotatable bonds is 10. The van der Waals surface area contributed by atoms with Gasteiger partial charge in [-0.25, -0.2) is 0 Å². The van der Waals surface area contributed by atoms with Gasteiger partial charge >= 0.3 is 0 Å². The maximum atomic E-state index is 16.3. The summed E-state index contributed by atoms with van der Waals surface area (Å²) in [4.78, 5) is 46.5. The van der Waals surface area contributed by atoms with Gasteiger partial charge in [-0.1, -0.05) is 80.4 Å². The van der Waals surface area contributed by atoms with Gasteiger partial charge in [0, 0.05) is 48.8 Å². The molecule has 6 rings (SSSR count). The largest absolute Gasteiger partial charge is 0.395 e. The van der Waals surface area contributed by atoms with E-state index in [0.717, 1.165) is 48.2 Å². The normalized spacial score (nSPS) is 24.2. The second-order valence-corrected chi connectivity index (χ2v) is 18.1. The van der Waals surface area contributed by atoms with Crippen LogP contribution >= 0.6 is 0 Å². The summed E-state index contributed by atoms with van der Waals surface area (Å²) in [5, 5.41) is 9.78. The van der Waals surface area contributed by atoms with Crippen molar-refractivity contribution in [3.63, 3.8) is 0 Å². The van der Waals surface area contributed by atoms with Crippen LogP contribution in [-0.4, -0.2) is 61.9 Å². The van der Waals surface area contributed by atoms with E-state index < -0.39 is 31.6 Å². The maximum Gasteiger partial charge on any atom is 0.264 e. The zero-order valence-corrected chi connectivity index (χ0v) is 29.8. The molecule has 3 heterocycles. The predicted octanol–water partition coefficient (Wildman–Crippen LogP) is 6.72. The second kappa shape index (κ2) is 14.5. The van der Waals surface area contributed by atoms with Gasteiger partial charge in [-0.2, -0.15) is 0 Å². The molecule has 0 bridgehead atoms. The SMILES string of the molecule is C[C@H]1[C@H]([Si](C)(C)F)[C@@H](CC(=O)N(CCO)Cc2ccccc2)O[C@]12C(=O)N(Cc1ccc(N3CCCCCCC3=O)cc1)c1ccccc12. The predicted molar refractivity (Wildman–Crippen MR) is 191 cm³/mol. The van der Waals surface area contributed by atoms with Crippen molar-refractivity contribution in [1.29, 1.82) is 0 Å². The number of amides is 3. The van der Waals surface area contributed by atoms with Crippen LogP contribution in [0.1, 0.15) is 62.1 Å². The summed E-state index contributed by atoms with van der Waals surface area (Å²) >= 11 is 0. The Morgan fingerprint density at radius 2 is 1.65 bits per heavy atom. The third-order valence-electron chi connectivity index (χ3n) is 10.6. The molecule has 3 aliphatic rings. The molecule has 10 heteroatoms. The first-order valence-electron chi connectivity index (χ1n) is 17.6. The molecular formula is C39H48FN3O5Si. The van der Waals surface area contributed by atoms with E-state index in [-0.39, 0.29) is 43.8 Å². The number of ether oxygens (including phenoxy) is 1. The van der Waals surface area contributed by atoms with Crippen molar-refractivity contribution >= 4 is 37.5 Å². The van der Waals surface area contributed by atoms with Crippen molar-refractivity contribution in [3.05, 3.63) is 95.6 Å². The summed E-state index contributed by atoms with van der Waals surface area (Å²) in [5.74, 6) is -0.869. The monoisotopic (exact) mass is 685 g/mol. The molecule has 0 saturated carbocycles. The van der Waals surface area contributed by atoms with Crippen molar-refractivity contribution in [2.24, 2.45) is 5.92 Å². The highest BCUT2D eigenvalue weighted by Gasteiger charge is 2.67. The third kappa shape index (κ3) is 6.96. The van der Waals surface area contributed by atoms with E-state index in [1.165, 1.54) is 0 Å². The minimum atomic E-state index is -3.47. The Kier molecular flexibility index (Phi) is 10.4. The first-order valence-corrected chi connectivity index (χ1v) is 20.6. The molecule has 4 atom stereocenters. The Bertz CT molecular complexity index is 1650. The molecule has 1 N–H and O–H groups in total. The van der Waals surface area contributed by atoms with E-state index in [1.807, 2.05) is 90.7 Å². The number of fused-ring (bicyclic) bond motifs is 2. The molecule has 0 unspecified atom stereocenters. The number of halogens is 1. The minimum absolute atomic E-state index is 0.0872. The Morgan fingerprint density at radius 3 is 2.37 bits per heavy atom. The molecule has 0 aliphatic carbocycles. The van der Waals surface area contributed by atoms with Gasteiger partial charge in [0.25, 0.3) is 5.91 Å². The summed E-state index contributed by atoms with van der Waals surface area (Å²) < 4.78 is 23.1. The number of carbonyl (C=O) groups is 3. The topological polar surface area (TPSA) is 90.4 Å². The first-order chi connectivity index (χ1) is 23.5. The lowest BCUT2D eigenvalue weighted by molar-refractivity contribution is -0.150. The lowest BCUT2D eigenvalue weighted by Gasteiger charge is -2.31. The van der Waals surface area contributed by atoms with Crippen LogP contribution in [0.2, 0.25) is 18.6 Å². The summed E-state index contributed by atoms with van der Waals surface area (Å²) in [7, 11) is -3.47. The van der Waals surface area contributed by atoms with Gasteiger partial charge < -0.3 is 28.7 Å². The summed E-state index contributed by atoms with van der Waals surface area (Å²) in [6.07, 6.45) is 3.76. The number of para-hydroxylation sites is 1. The number of nitrogens with zero attached hydrogens (tertiary/aromatic N) is 3. The fourth-order valence-electron chi connectivity index (χ4n) is 8.27. The summed E-state index contributed by atoms with van der Waals surface area (Å²) in [5.41, 5.74) is 2.06. The maximum absolute atomic E-state index is 16.3. The lowest BCUT2D eigenvalue weighted by atomic mass is 9.82. The lowest BCUT2D eigenvalue weighted by Crippen LogP contribution is -2.45. The highest BCUT2D eigenvalue weighted by Crippen LogP contribution is 2.60. The van der Waals surface area contributed by atoms with E-state index in [4.69, 9.17) is 4.74 Å². The Morgan fingerprint density at radius 1 is 0.959 bits per heavy atom. The molecule has 49 heavy (non-hydrogen) atoms. The summed E-state index contributed by atoms with van der Waals surface area (Å²) in [6, 6.07) is 24.9. The van der Waals surface area contributed by atoms with Gasteiger partial charge in [-0.05, 0) is 55.3 Å². The smallest absolute Gasteiger partial charge is 0.264 e. The van der Waals surface area contributed by atoms with Crippen LogP contribution in [0, 0.1) is 5.92 Å². The van der Waals surface area contributed by atoms with Crippen molar-refractivity contribution in [3.8, 4) is 0 Å². The number of hydrogen-bond donors (Lipinski definition) is 1. The van der Waals surface area contributed by atoms with Gasteiger partial charge in [0.05, 0.1) is 31.4 Å². The average Bonchev–Trinajstić information content (AvgIpc) is 3.50. The Labute approximate surface area is 290 Å². The number of anilines is 2. The van der Waals surface area contributed by atoms with Gasteiger partial charge in [-0.15, -0.1) is 0 Å². The quantitative estimate of drug-likeness (QED) is 0.189. The molecule has 8 nitrogen and oxygen atoms in total. The van der Waals surface area contributed by atoms with Crippen LogP contribution in [0.5, 0.6) is 0 Å². The molecule has 2 saturated heterocycles. The molecule has 260 valence electrons. The van der Waals surface area contributed by atoms with E-state index in [1.54, 1.807) is 22.9 Å². The summed E-state index contributed by atoms with van der Waals surface area (Å²) in [6.45, 7) is 6.40. The van der Waals surface area contributed by atoms with Gasteiger partial charge in [-0.3, -0.25) is 14.4 Å². The average molecular weight is 686 g/mol. The third-order valence-corrected chi connectivity index (χ3v) is 13.1. The highest BCUT2D eigenvalue weighted by molar-refractivity contribution is 6.72. The zero-order valence-electron chi connectivity index (χ0n) is 28.8. The van der Waals surface area contributed by atoms with Crippen LogP contribution in [0.25, 0.3) is 0 Å². The van der Waals surface area contributed by atoms with Crippen molar-refractivity contribution in [1.82, 2.24) is 4.90 Å². The number of aliphatic hydroxyl groups is 1. The van der Waals surface area contributed by atoms with Crippen LogP contribution in [0.3, 0.4) is 0 Å². The molecular weight excluding hydrogens is 638 g/mol. The van der Waals surface area contributed by atoms with Crippen LogP contribution in [0.15, 0.2) is 78.9 Å². The molecule has 3 aromatic carbocycles. The molecule has 3 aliphatic heterocycles. The fraction of sp³-hybridized carbons (Fsp3) is 0.462. The zero-order chi connectivity index (χ0) is 34.8. The van der Waals surface area contributed by atoms with Gasteiger partial charge in [0.1, 0.15) is 0 Å². The van der Waals surface area contributed by atoms with Crippen molar-refractivity contribution < 1.29 is 28.3 Å². The van der Waals surface area contributed by atoms with Crippen molar-refractivity contribution in [2.75, 3.05) is 29.5 Å². The van der Waals surface area contributed by atoms with E-state index in [9.17, 15) is 19.5 Å². The van der Waals surface area contributed by atoms with Crippen LogP contribution in [-0.2, 0) is 37.8 Å². The fourth-order valence-corrected chi connectivity index (χ4v) is 10.8. The standard InChI is InChI=1S/C39H48FN3O5Si/c1-28-37(49(2,3)40)34(25-36(46)41(23-24-44)26-29-13-7-6-8-14-29)48-39(28)32-15-10-11-16-33(32)43(38(39)47)27-30-18-20-31(21-19-30)42-22-12-5-4-9-17-35(42)45/h6-8,10-11,13-16,18-21,28,34,37,44H,4-5,9,12,17,22-27H2,1-3H3/t28-,34+,37-,39+/m0/s1. The molecule has 0 aromatic heterocycles. The van der Waals surface area contributed by atoms with Crippen molar-refractivity contribution in [2.45, 2.75) is 88.9 Å². The van der Waals surface area contributed by atoms with E-state index >= 15 is 4.11 Å². The van der Waals surface area contributed by atoms with E-state index in [2.05, 4.69) is 0 Å².